The predicted molar refractivity (Wildman–Crippen MR) is 52.4 cm³/mol. The molecule has 0 aliphatic heterocycles. The van der Waals surface area contributed by atoms with Crippen LogP contribution in [0.15, 0.2) is 0 Å². The molecule has 0 aliphatic carbocycles. The Bertz CT molecular complexity index is 337. The van der Waals surface area contributed by atoms with Gasteiger partial charge in [-0.2, -0.15) is 0 Å². The van der Waals surface area contributed by atoms with E-state index in [2.05, 4.69) is 0 Å². The summed E-state index contributed by atoms with van der Waals surface area (Å²) in [6, 6.07) is -1.12. The number of hydrogen-bond donors (Lipinski definition) is 3. The van der Waals surface area contributed by atoms with Crippen LogP contribution in [-0.4, -0.2) is 37.2 Å². The van der Waals surface area contributed by atoms with Gasteiger partial charge in [-0.15, -0.1) is 0 Å². The number of aliphatic carboxylic acids is 1. The lowest BCUT2D eigenvalue weighted by molar-refractivity contribution is -0.137. The van der Waals surface area contributed by atoms with Crippen LogP contribution in [0.5, 0.6) is 0 Å². The Labute approximate surface area is 87.7 Å². The van der Waals surface area contributed by atoms with Gasteiger partial charge in [0.15, 0.2) is 0 Å². The van der Waals surface area contributed by atoms with Crippen LogP contribution >= 0.6 is 0 Å². The van der Waals surface area contributed by atoms with E-state index in [0.29, 0.717) is 0 Å². The molecule has 0 saturated heterocycles. The molecule has 1 atom stereocenters. The van der Waals surface area contributed by atoms with Gasteiger partial charge >= 0.3 is 5.97 Å². The normalized spacial score (nSPS) is 13.2. The lowest BCUT2D eigenvalue weighted by Gasteiger charge is -2.10. The van der Waals surface area contributed by atoms with E-state index in [4.69, 9.17) is 10.8 Å². The SMILES string of the molecule is CCS(=O)(=O)NC(=O)C(N)CCC(=O)O. The van der Waals surface area contributed by atoms with E-state index in [1.807, 2.05) is 0 Å². The van der Waals surface area contributed by atoms with Gasteiger partial charge in [0, 0.05) is 6.42 Å². The van der Waals surface area contributed by atoms with Crippen molar-refractivity contribution in [2.75, 3.05) is 5.75 Å². The Kier molecular flexibility index (Phi) is 5.23. The first-order valence-corrected chi connectivity index (χ1v) is 5.95. The molecule has 0 saturated carbocycles. The Morgan fingerprint density at radius 1 is 1.47 bits per heavy atom. The number of hydrogen-bond acceptors (Lipinski definition) is 5. The molecular weight excluding hydrogens is 224 g/mol. The first kappa shape index (κ1) is 13.8. The molecule has 0 rings (SSSR count). The highest BCUT2D eigenvalue weighted by molar-refractivity contribution is 7.90. The van der Waals surface area contributed by atoms with E-state index < -0.39 is 27.9 Å². The van der Waals surface area contributed by atoms with E-state index in [-0.39, 0.29) is 18.6 Å². The number of carboxylic acids is 1. The second kappa shape index (κ2) is 5.66. The van der Waals surface area contributed by atoms with Crippen LogP contribution in [0.2, 0.25) is 0 Å². The highest BCUT2D eigenvalue weighted by atomic mass is 32.2. The number of rotatable bonds is 6. The number of carboxylic acid groups (broad SMARTS) is 1. The van der Waals surface area contributed by atoms with Crippen LogP contribution in [0.1, 0.15) is 19.8 Å². The molecule has 15 heavy (non-hydrogen) atoms. The average molecular weight is 238 g/mol. The van der Waals surface area contributed by atoms with Gasteiger partial charge in [0.05, 0.1) is 11.8 Å². The Morgan fingerprint density at radius 2 is 2.00 bits per heavy atom. The molecule has 88 valence electrons. The van der Waals surface area contributed by atoms with Crippen LogP contribution in [0.3, 0.4) is 0 Å². The maximum Gasteiger partial charge on any atom is 0.303 e. The Balaban J connectivity index is 4.17. The van der Waals surface area contributed by atoms with Crippen molar-refractivity contribution in [2.45, 2.75) is 25.8 Å². The quantitative estimate of drug-likeness (QED) is 0.524. The van der Waals surface area contributed by atoms with E-state index >= 15 is 0 Å². The minimum atomic E-state index is -3.63. The topological polar surface area (TPSA) is 127 Å². The number of amides is 1. The van der Waals surface area contributed by atoms with Crippen molar-refractivity contribution in [2.24, 2.45) is 5.73 Å². The second-order valence-electron chi connectivity index (χ2n) is 2.91. The number of nitrogens with one attached hydrogen (secondary N) is 1. The molecule has 0 aromatic rings. The molecule has 0 aliphatic rings. The van der Waals surface area contributed by atoms with E-state index in [1.54, 1.807) is 4.72 Å². The first-order valence-electron chi connectivity index (χ1n) is 4.30. The predicted octanol–water partition coefficient (Wildman–Crippen LogP) is -1.36. The van der Waals surface area contributed by atoms with Crippen LogP contribution in [-0.2, 0) is 19.6 Å². The fourth-order valence-electron chi connectivity index (χ4n) is 0.711. The second-order valence-corrected chi connectivity index (χ2v) is 4.92. The Hall–Kier alpha value is -1.15. The summed E-state index contributed by atoms with van der Waals surface area (Å²) >= 11 is 0. The van der Waals surface area contributed by atoms with Gasteiger partial charge in [-0.25, -0.2) is 8.42 Å². The molecule has 0 fully saturated rings. The molecular formula is C7H14N2O5S. The van der Waals surface area contributed by atoms with Crippen LogP contribution in [0, 0.1) is 0 Å². The van der Waals surface area contributed by atoms with E-state index in [9.17, 15) is 18.0 Å². The number of nitrogens with two attached hydrogens (primary N) is 1. The lowest BCUT2D eigenvalue weighted by atomic mass is 10.1. The third-order valence-corrected chi connectivity index (χ3v) is 2.91. The summed E-state index contributed by atoms with van der Waals surface area (Å²) < 4.78 is 23.6. The molecule has 1 unspecified atom stereocenters. The van der Waals surface area contributed by atoms with Gasteiger partial charge < -0.3 is 10.8 Å². The minimum absolute atomic E-state index is 0.0968. The van der Waals surface area contributed by atoms with E-state index in [0.717, 1.165) is 0 Å². The molecule has 0 bridgehead atoms. The smallest absolute Gasteiger partial charge is 0.303 e. The summed E-state index contributed by atoms with van der Waals surface area (Å²) in [5.41, 5.74) is 5.29. The highest BCUT2D eigenvalue weighted by Gasteiger charge is 2.19. The highest BCUT2D eigenvalue weighted by Crippen LogP contribution is 1.96. The zero-order chi connectivity index (χ0) is 12.1. The fraction of sp³-hybridized carbons (Fsp3) is 0.714. The average Bonchev–Trinajstić information content (AvgIpc) is 2.13. The zero-order valence-corrected chi connectivity index (χ0v) is 9.08. The minimum Gasteiger partial charge on any atom is -0.481 e. The van der Waals surface area contributed by atoms with Crippen LogP contribution in [0.4, 0.5) is 0 Å². The van der Waals surface area contributed by atoms with E-state index in [1.165, 1.54) is 6.92 Å². The number of carbonyl (C=O) groups is 2. The maximum absolute atomic E-state index is 11.1. The molecule has 1 amide bonds. The Morgan fingerprint density at radius 3 is 2.40 bits per heavy atom. The molecule has 0 aromatic heterocycles. The van der Waals surface area contributed by atoms with Gasteiger partial charge in [0.25, 0.3) is 0 Å². The monoisotopic (exact) mass is 238 g/mol. The molecule has 8 heteroatoms. The summed E-state index contributed by atoms with van der Waals surface area (Å²) in [6.45, 7) is 1.37. The van der Waals surface area contributed by atoms with Crippen molar-refractivity contribution < 1.29 is 23.1 Å². The number of carbonyl (C=O) groups excluding carboxylic acids is 1. The summed E-state index contributed by atoms with van der Waals surface area (Å²) in [7, 11) is -3.63. The largest absolute Gasteiger partial charge is 0.481 e. The third kappa shape index (κ3) is 6.02. The zero-order valence-electron chi connectivity index (χ0n) is 8.26. The summed E-state index contributed by atoms with van der Waals surface area (Å²) in [5, 5.41) is 8.32. The molecule has 0 radical (unpaired) electrons. The summed E-state index contributed by atoms with van der Waals surface area (Å²) in [5.74, 6) is -2.19. The van der Waals surface area contributed by atoms with Crippen molar-refractivity contribution in [3.8, 4) is 0 Å². The molecule has 0 spiro atoms. The van der Waals surface area contributed by atoms with Crippen molar-refractivity contribution in [1.82, 2.24) is 4.72 Å². The van der Waals surface area contributed by atoms with Crippen molar-refractivity contribution in [3.63, 3.8) is 0 Å². The maximum atomic E-state index is 11.1. The lowest BCUT2D eigenvalue weighted by Crippen LogP contribution is -2.44. The molecule has 4 N–H and O–H groups in total. The molecule has 0 aromatic carbocycles. The first-order chi connectivity index (χ1) is 6.78. The molecule has 0 heterocycles. The summed E-state index contributed by atoms with van der Waals surface area (Å²) in [4.78, 5) is 21.3. The van der Waals surface area contributed by atoms with Gasteiger partial charge in [0.2, 0.25) is 15.9 Å². The number of sulfonamides is 1. The van der Waals surface area contributed by atoms with Gasteiger partial charge in [-0.3, -0.25) is 14.3 Å². The fourth-order valence-corrected chi connectivity index (χ4v) is 1.31. The third-order valence-electron chi connectivity index (χ3n) is 1.64. The van der Waals surface area contributed by atoms with Gasteiger partial charge in [0.1, 0.15) is 0 Å². The van der Waals surface area contributed by atoms with Crippen molar-refractivity contribution in [3.05, 3.63) is 0 Å². The standard InChI is InChI=1S/C7H14N2O5S/c1-2-15(13,14)9-7(12)5(8)3-4-6(10)11/h5H,2-4,8H2,1H3,(H,9,12)(H,10,11). The van der Waals surface area contributed by atoms with Crippen LogP contribution < -0.4 is 10.5 Å². The van der Waals surface area contributed by atoms with Gasteiger partial charge in [-0.05, 0) is 13.3 Å². The molecule has 7 nitrogen and oxygen atoms in total. The van der Waals surface area contributed by atoms with Crippen molar-refractivity contribution in [1.29, 1.82) is 0 Å². The van der Waals surface area contributed by atoms with Crippen LogP contribution in [0.25, 0.3) is 0 Å². The van der Waals surface area contributed by atoms with Gasteiger partial charge in [-0.1, -0.05) is 0 Å². The van der Waals surface area contributed by atoms with Crippen molar-refractivity contribution >= 4 is 21.9 Å². The summed E-state index contributed by atoms with van der Waals surface area (Å²) in [6.07, 6.45) is -0.374.